The van der Waals surface area contributed by atoms with Crippen molar-refractivity contribution in [1.82, 2.24) is 5.01 Å². The molecule has 0 aliphatic carbocycles. The van der Waals surface area contributed by atoms with E-state index >= 15 is 0 Å². The van der Waals surface area contributed by atoms with Crippen LogP contribution in [0.3, 0.4) is 0 Å². The average Bonchev–Trinajstić information content (AvgIpc) is 3.25. The van der Waals surface area contributed by atoms with Crippen LogP contribution in [0.1, 0.15) is 68.6 Å². The van der Waals surface area contributed by atoms with E-state index in [2.05, 4.69) is 90.2 Å². The Hall–Kier alpha value is -2.79. The van der Waals surface area contributed by atoms with Gasteiger partial charge in [0.2, 0.25) is 6.23 Å². The van der Waals surface area contributed by atoms with Gasteiger partial charge in [0, 0.05) is 22.0 Å². The lowest BCUT2D eigenvalue weighted by atomic mass is 9.86. The minimum atomic E-state index is -0.266. The van der Waals surface area contributed by atoms with Crippen molar-refractivity contribution in [3.63, 3.8) is 0 Å². The average molecular weight is 505 g/mol. The highest BCUT2D eigenvalue weighted by Crippen LogP contribution is 2.48. The van der Waals surface area contributed by atoms with E-state index in [0.29, 0.717) is 6.61 Å². The number of halogens is 1. The van der Waals surface area contributed by atoms with Crippen molar-refractivity contribution in [3.05, 3.63) is 93.5 Å². The summed E-state index contributed by atoms with van der Waals surface area (Å²) in [7, 11) is 0. The van der Waals surface area contributed by atoms with Gasteiger partial charge in [0.05, 0.1) is 18.4 Å². The third-order valence-electron chi connectivity index (χ3n) is 6.31. The maximum atomic E-state index is 6.53. The number of fused-ring (bicyclic) bond motifs is 3. The molecule has 2 aliphatic rings. The Morgan fingerprint density at radius 2 is 1.76 bits per heavy atom. The molecule has 0 saturated heterocycles. The number of benzene rings is 3. The Bertz CT molecular complexity index is 1180. The SMILES string of the molecule is CCOc1ccc(C2=NN3C(C2)c2cc(Br)ccc2OC3c2ccc(C(C)(C)C)cc2)cc1. The molecule has 0 N–H and O–H groups in total. The van der Waals surface area contributed by atoms with E-state index in [1.54, 1.807) is 0 Å². The Labute approximate surface area is 204 Å². The van der Waals surface area contributed by atoms with Crippen molar-refractivity contribution in [1.29, 1.82) is 0 Å². The minimum absolute atomic E-state index is 0.111. The van der Waals surface area contributed by atoms with Gasteiger partial charge in [-0.15, -0.1) is 0 Å². The lowest BCUT2D eigenvalue weighted by Gasteiger charge is -2.38. The Morgan fingerprint density at radius 3 is 2.42 bits per heavy atom. The zero-order chi connectivity index (χ0) is 23.2. The lowest BCUT2D eigenvalue weighted by molar-refractivity contribution is -0.0191. The number of nitrogens with zero attached hydrogens (tertiary/aromatic N) is 2. The molecule has 4 nitrogen and oxygen atoms in total. The molecule has 5 rings (SSSR count). The molecule has 3 aromatic rings. The maximum absolute atomic E-state index is 6.53. The summed E-state index contributed by atoms with van der Waals surface area (Å²) in [5, 5.41) is 7.21. The van der Waals surface area contributed by atoms with E-state index in [4.69, 9.17) is 14.6 Å². The Balaban J connectivity index is 1.52. The summed E-state index contributed by atoms with van der Waals surface area (Å²) in [5.41, 5.74) is 5.87. The molecule has 5 heteroatoms. The van der Waals surface area contributed by atoms with Crippen LogP contribution in [0.2, 0.25) is 0 Å². The van der Waals surface area contributed by atoms with Gasteiger partial charge in [0.25, 0.3) is 0 Å². The molecule has 0 radical (unpaired) electrons. The lowest BCUT2D eigenvalue weighted by Crippen LogP contribution is -2.33. The summed E-state index contributed by atoms with van der Waals surface area (Å²) in [6.45, 7) is 9.36. The highest BCUT2D eigenvalue weighted by molar-refractivity contribution is 9.10. The highest BCUT2D eigenvalue weighted by atomic mass is 79.9. The van der Waals surface area contributed by atoms with E-state index < -0.39 is 0 Å². The van der Waals surface area contributed by atoms with Gasteiger partial charge in [-0.2, -0.15) is 5.10 Å². The quantitative estimate of drug-likeness (QED) is 0.371. The van der Waals surface area contributed by atoms with Crippen LogP contribution in [0.4, 0.5) is 0 Å². The first kappa shape index (κ1) is 22.0. The number of hydrazone groups is 1. The van der Waals surface area contributed by atoms with Crippen molar-refractivity contribution in [3.8, 4) is 11.5 Å². The first-order valence-electron chi connectivity index (χ1n) is 11.5. The van der Waals surface area contributed by atoms with Gasteiger partial charge in [-0.25, -0.2) is 5.01 Å². The van der Waals surface area contributed by atoms with Gasteiger partial charge in [0.1, 0.15) is 11.5 Å². The number of hydrogen-bond acceptors (Lipinski definition) is 4. The van der Waals surface area contributed by atoms with Crippen LogP contribution in [0, 0.1) is 0 Å². The van der Waals surface area contributed by atoms with Gasteiger partial charge in [-0.05, 0) is 65.9 Å². The largest absolute Gasteiger partial charge is 0.494 e. The smallest absolute Gasteiger partial charge is 0.213 e. The fourth-order valence-electron chi connectivity index (χ4n) is 4.51. The zero-order valence-electron chi connectivity index (χ0n) is 19.5. The Morgan fingerprint density at radius 1 is 1.03 bits per heavy atom. The third-order valence-corrected chi connectivity index (χ3v) is 6.81. The molecule has 0 fully saturated rings. The maximum Gasteiger partial charge on any atom is 0.213 e. The molecule has 2 atom stereocenters. The zero-order valence-corrected chi connectivity index (χ0v) is 21.1. The van der Waals surface area contributed by atoms with Gasteiger partial charge >= 0.3 is 0 Å². The van der Waals surface area contributed by atoms with Crippen LogP contribution >= 0.6 is 15.9 Å². The fourth-order valence-corrected chi connectivity index (χ4v) is 4.89. The fraction of sp³-hybridized carbons (Fsp3) is 0.321. The highest BCUT2D eigenvalue weighted by Gasteiger charge is 2.41. The second kappa shape index (κ2) is 8.53. The van der Waals surface area contributed by atoms with E-state index in [0.717, 1.165) is 44.8 Å². The van der Waals surface area contributed by atoms with Crippen LogP contribution in [0.25, 0.3) is 0 Å². The molecule has 33 heavy (non-hydrogen) atoms. The standard InChI is InChI=1S/C28H29BrN2O2/c1-5-32-22-13-8-18(9-14-22)24-17-25-23-16-21(29)12-15-26(23)33-27(31(25)30-24)19-6-10-20(11-7-19)28(2,3)4/h6-16,25,27H,5,17H2,1-4H3. The predicted molar refractivity (Wildman–Crippen MR) is 136 cm³/mol. The van der Waals surface area contributed by atoms with Crippen LogP contribution in [-0.2, 0) is 5.41 Å². The molecule has 3 aromatic carbocycles. The summed E-state index contributed by atoms with van der Waals surface area (Å²) in [4.78, 5) is 0. The van der Waals surface area contributed by atoms with E-state index in [9.17, 15) is 0 Å². The van der Waals surface area contributed by atoms with Crippen molar-refractivity contribution >= 4 is 21.6 Å². The van der Waals surface area contributed by atoms with Gasteiger partial charge in [-0.3, -0.25) is 0 Å². The van der Waals surface area contributed by atoms with Crippen molar-refractivity contribution in [2.45, 2.75) is 51.8 Å². The first-order chi connectivity index (χ1) is 15.8. The van der Waals surface area contributed by atoms with Crippen LogP contribution in [0.5, 0.6) is 11.5 Å². The summed E-state index contributed by atoms with van der Waals surface area (Å²) in [5.74, 6) is 1.81. The van der Waals surface area contributed by atoms with Crippen LogP contribution in [-0.4, -0.2) is 17.3 Å². The molecular weight excluding hydrogens is 476 g/mol. The normalized spacial score (nSPS) is 19.4. The molecule has 2 unspecified atom stereocenters. The number of rotatable bonds is 4. The number of hydrogen-bond donors (Lipinski definition) is 0. The molecule has 0 aromatic heterocycles. The molecule has 2 aliphatic heterocycles. The van der Waals surface area contributed by atoms with Gasteiger partial charge in [0.15, 0.2) is 0 Å². The molecule has 0 spiro atoms. The van der Waals surface area contributed by atoms with Crippen molar-refractivity contribution < 1.29 is 9.47 Å². The summed E-state index contributed by atoms with van der Waals surface area (Å²) < 4.78 is 13.2. The van der Waals surface area contributed by atoms with Gasteiger partial charge in [-0.1, -0.05) is 61.0 Å². The second-order valence-corrected chi connectivity index (χ2v) is 10.5. The monoisotopic (exact) mass is 504 g/mol. The number of ether oxygens (including phenoxy) is 2. The van der Waals surface area contributed by atoms with Crippen molar-refractivity contribution in [2.24, 2.45) is 5.10 Å². The predicted octanol–water partition coefficient (Wildman–Crippen LogP) is 7.39. The van der Waals surface area contributed by atoms with E-state index in [1.165, 1.54) is 5.56 Å². The summed E-state index contributed by atoms with van der Waals surface area (Å²) in [6, 6.07) is 23.4. The topological polar surface area (TPSA) is 34.1 Å². The Kier molecular flexibility index (Phi) is 5.69. The summed E-state index contributed by atoms with van der Waals surface area (Å²) >= 11 is 3.63. The molecule has 0 saturated carbocycles. The van der Waals surface area contributed by atoms with Crippen molar-refractivity contribution in [2.75, 3.05) is 6.61 Å². The minimum Gasteiger partial charge on any atom is -0.494 e. The van der Waals surface area contributed by atoms with E-state index in [1.807, 2.05) is 25.1 Å². The molecule has 2 heterocycles. The second-order valence-electron chi connectivity index (χ2n) is 9.63. The molecule has 0 bridgehead atoms. The summed E-state index contributed by atoms with van der Waals surface area (Å²) in [6.07, 6.45) is 0.565. The van der Waals surface area contributed by atoms with Crippen LogP contribution in [0.15, 0.2) is 76.3 Å². The molecule has 0 amide bonds. The third kappa shape index (κ3) is 4.26. The first-order valence-corrected chi connectivity index (χ1v) is 12.3. The van der Waals surface area contributed by atoms with Gasteiger partial charge < -0.3 is 9.47 Å². The van der Waals surface area contributed by atoms with E-state index in [-0.39, 0.29) is 17.7 Å². The molecular formula is C28H29BrN2O2. The molecule has 170 valence electrons. The van der Waals surface area contributed by atoms with Crippen LogP contribution < -0.4 is 9.47 Å².